The Morgan fingerprint density at radius 2 is 2.40 bits per heavy atom. The van der Waals surface area contributed by atoms with Crippen LogP contribution in [-0.2, 0) is 0 Å². The molecule has 1 heteroatoms. The maximum absolute atomic E-state index is 3.62. The Morgan fingerprint density at radius 3 is 2.40 bits per heavy atom. The Kier molecular flexibility index (Phi) is 3.21. The molecule has 0 aliphatic rings. The van der Waals surface area contributed by atoms with Gasteiger partial charge in [-0.25, -0.2) is 0 Å². The van der Waals surface area contributed by atoms with Gasteiger partial charge in [-0.1, -0.05) is 6.58 Å². The molecule has 0 aromatic heterocycles. The first-order valence-electron chi connectivity index (χ1n) is 1.48. The first kappa shape index (κ1) is 4.54. The molecule has 0 spiro atoms. The Bertz CT molecular complexity index is 24.8. The van der Waals surface area contributed by atoms with Crippen molar-refractivity contribution in [2.45, 2.75) is 0 Å². The van der Waals surface area contributed by atoms with Crippen molar-refractivity contribution in [1.29, 1.82) is 0 Å². The highest BCUT2D eigenvalue weighted by atomic mass is 14.8. The molecule has 0 aromatic carbocycles. The molecule has 0 fully saturated rings. The summed E-state index contributed by atoms with van der Waals surface area (Å²) >= 11 is 0. The van der Waals surface area contributed by atoms with E-state index in [1.165, 1.54) is 6.20 Å². The van der Waals surface area contributed by atoms with E-state index in [-0.39, 0.29) is 0 Å². The van der Waals surface area contributed by atoms with Crippen molar-refractivity contribution in [3.05, 3.63) is 19.7 Å². The average Bonchev–Trinajstić information content (AvgIpc) is 1.41. The number of hydrogen-bond acceptors (Lipinski definition) is 0. The molecule has 5 heavy (non-hydrogen) atoms. The standard InChI is InChI=1S/C4H7N/c1-3-5-4-2/h3H,1-2,4H2. The van der Waals surface area contributed by atoms with Crippen molar-refractivity contribution in [2.75, 3.05) is 6.54 Å². The summed E-state index contributed by atoms with van der Waals surface area (Å²) in [7, 11) is 0. The van der Waals surface area contributed by atoms with Crippen LogP contribution in [0.15, 0.2) is 12.8 Å². The fraction of sp³-hybridized carbons (Fsp3) is 0.250. The van der Waals surface area contributed by atoms with E-state index in [4.69, 9.17) is 0 Å². The molecule has 0 unspecified atom stereocenters. The third-order valence-corrected chi connectivity index (χ3v) is 0.258. The lowest BCUT2D eigenvalue weighted by molar-refractivity contribution is 0.967. The van der Waals surface area contributed by atoms with Gasteiger partial charge < -0.3 is 0 Å². The van der Waals surface area contributed by atoms with Crippen LogP contribution in [0.1, 0.15) is 0 Å². The monoisotopic (exact) mass is 69.1 g/mol. The second-order valence-corrected chi connectivity index (χ2v) is 0.589. The van der Waals surface area contributed by atoms with Gasteiger partial charge >= 0.3 is 0 Å². The highest BCUT2D eigenvalue weighted by molar-refractivity contribution is 4.61. The predicted molar refractivity (Wildman–Crippen MR) is 22.6 cm³/mol. The van der Waals surface area contributed by atoms with Gasteiger partial charge in [0, 0.05) is 12.7 Å². The first-order chi connectivity index (χ1) is 2.41. The molecule has 0 bridgehead atoms. The van der Waals surface area contributed by atoms with Gasteiger partial charge in [-0.3, -0.25) is 5.32 Å². The Morgan fingerprint density at radius 1 is 1.80 bits per heavy atom. The second-order valence-electron chi connectivity index (χ2n) is 0.589. The Hall–Kier alpha value is -0.460. The second kappa shape index (κ2) is 3.54. The van der Waals surface area contributed by atoms with Crippen LogP contribution >= 0.6 is 0 Å². The van der Waals surface area contributed by atoms with E-state index in [1.54, 1.807) is 0 Å². The molecule has 0 amide bonds. The zero-order chi connectivity index (χ0) is 4.12. The molecule has 0 rings (SSSR count). The van der Waals surface area contributed by atoms with Gasteiger partial charge in [0.15, 0.2) is 0 Å². The van der Waals surface area contributed by atoms with Crippen LogP contribution in [0.5, 0.6) is 0 Å². The van der Waals surface area contributed by atoms with Crippen molar-refractivity contribution >= 4 is 0 Å². The van der Waals surface area contributed by atoms with Crippen LogP contribution in [0.25, 0.3) is 0 Å². The normalized spacial score (nSPS) is 6.60. The van der Waals surface area contributed by atoms with Gasteiger partial charge in [-0.05, 0) is 6.92 Å². The molecule has 0 saturated heterocycles. The van der Waals surface area contributed by atoms with Gasteiger partial charge in [0.25, 0.3) is 0 Å². The van der Waals surface area contributed by atoms with Crippen molar-refractivity contribution in [3.8, 4) is 0 Å². The summed E-state index contributed by atoms with van der Waals surface area (Å²) in [5, 5.41) is 3.62. The topological polar surface area (TPSA) is 14.1 Å². The summed E-state index contributed by atoms with van der Waals surface area (Å²) in [5.74, 6) is 0. The molecule has 0 aromatic rings. The van der Waals surface area contributed by atoms with Gasteiger partial charge in [0.2, 0.25) is 0 Å². The lowest BCUT2D eigenvalue weighted by Gasteiger charge is -1.77. The van der Waals surface area contributed by atoms with Gasteiger partial charge in [0.05, 0.1) is 0 Å². The minimum atomic E-state index is 0.601. The molecule has 28 valence electrons. The van der Waals surface area contributed by atoms with E-state index in [1.807, 2.05) is 0 Å². The molecule has 0 heterocycles. The molecule has 0 saturated carbocycles. The zero-order valence-corrected chi connectivity index (χ0v) is 3.15. The van der Waals surface area contributed by atoms with Crippen molar-refractivity contribution < 1.29 is 0 Å². The highest BCUT2D eigenvalue weighted by Crippen LogP contribution is 1.51. The van der Waals surface area contributed by atoms with E-state index in [0.29, 0.717) is 6.54 Å². The summed E-state index contributed by atoms with van der Waals surface area (Å²) in [6.07, 6.45) is 1.49. The largest absolute Gasteiger partial charge is 0.294 e. The molecular formula is C4H7N. The molecule has 1 nitrogen and oxygen atoms in total. The van der Waals surface area contributed by atoms with Crippen LogP contribution in [-0.4, -0.2) is 6.54 Å². The molecular weight excluding hydrogens is 62.1 g/mol. The maximum atomic E-state index is 3.62. The van der Waals surface area contributed by atoms with Crippen LogP contribution < -0.4 is 5.32 Å². The van der Waals surface area contributed by atoms with Crippen LogP contribution in [0.3, 0.4) is 0 Å². The molecule has 0 aliphatic heterocycles. The molecule has 0 aliphatic carbocycles. The lowest BCUT2D eigenvalue weighted by Crippen LogP contribution is -1.89. The maximum Gasteiger partial charge on any atom is 0.0389 e. The average molecular weight is 69.1 g/mol. The summed E-state index contributed by atoms with van der Waals surface area (Å²) in [5.41, 5.74) is 0. The third-order valence-electron chi connectivity index (χ3n) is 0.258. The van der Waals surface area contributed by atoms with Crippen LogP contribution in [0.2, 0.25) is 0 Å². The summed E-state index contributed by atoms with van der Waals surface area (Å²) < 4.78 is 0. The van der Waals surface area contributed by atoms with Gasteiger partial charge in [0.1, 0.15) is 0 Å². The van der Waals surface area contributed by atoms with Crippen molar-refractivity contribution in [3.63, 3.8) is 0 Å². The smallest absolute Gasteiger partial charge is 0.0389 e. The number of hydrogen-bond donors (Lipinski definition) is 0. The Balaban J connectivity index is 2.40. The third kappa shape index (κ3) is 3.54. The predicted octanol–water partition coefficient (Wildman–Crippen LogP) is 0.568. The quantitative estimate of drug-likeness (QED) is 0.450. The van der Waals surface area contributed by atoms with Crippen molar-refractivity contribution in [1.82, 2.24) is 5.32 Å². The lowest BCUT2D eigenvalue weighted by atomic mass is 10.7. The fourth-order valence-corrected chi connectivity index (χ4v) is 0.0913. The van der Waals surface area contributed by atoms with Crippen molar-refractivity contribution in [2.24, 2.45) is 0 Å². The van der Waals surface area contributed by atoms with E-state index >= 15 is 0 Å². The number of nitrogens with zero attached hydrogens (tertiary/aromatic N) is 1. The van der Waals surface area contributed by atoms with Crippen LogP contribution in [0.4, 0.5) is 0 Å². The summed E-state index contributed by atoms with van der Waals surface area (Å²) in [4.78, 5) is 0. The minimum Gasteiger partial charge on any atom is -0.294 e. The SMILES string of the molecule is [CH2]C[N]C=C. The van der Waals surface area contributed by atoms with E-state index < -0.39 is 0 Å². The van der Waals surface area contributed by atoms with Gasteiger partial charge in [-0.2, -0.15) is 0 Å². The first-order valence-corrected chi connectivity index (χ1v) is 1.48. The van der Waals surface area contributed by atoms with Crippen LogP contribution in [0, 0.1) is 6.92 Å². The fourth-order valence-electron chi connectivity index (χ4n) is 0.0913. The zero-order valence-electron chi connectivity index (χ0n) is 3.15. The highest BCUT2D eigenvalue weighted by Gasteiger charge is 1.58. The molecule has 0 N–H and O–H groups in total. The summed E-state index contributed by atoms with van der Waals surface area (Å²) in [6.45, 7) is 7.38. The van der Waals surface area contributed by atoms with Gasteiger partial charge in [-0.15, -0.1) is 0 Å². The minimum absolute atomic E-state index is 0.601. The van der Waals surface area contributed by atoms with E-state index in [2.05, 4.69) is 18.8 Å². The summed E-state index contributed by atoms with van der Waals surface area (Å²) in [6, 6.07) is 0. The molecule has 2 radical (unpaired) electrons. The number of rotatable bonds is 2. The Labute approximate surface area is 32.7 Å². The van der Waals surface area contributed by atoms with E-state index in [9.17, 15) is 0 Å². The molecule has 0 atom stereocenters. The van der Waals surface area contributed by atoms with E-state index in [0.717, 1.165) is 0 Å².